The van der Waals surface area contributed by atoms with E-state index < -0.39 is 14.9 Å². The molecule has 0 atom stereocenters. The number of rotatable bonds is 4. The van der Waals surface area contributed by atoms with Gasteiger partial charge in [-0.15, -0.1) is 5.10 Å². The summed E-state index contributed by atoms with van der Waals surface area (Å²) in [5, 5.41) is 15.3. The minimum Gasteiger partial charge on any atom is -0.258 e. The summed E-state index contributed by atoms with van der Waals surface area (Å²) < 4.78 is 29.2. The van der Waals surface area contributed by atoms with Gasteiger partial charge in [0.25, 0.3) is 21.7 Å². The van der Waals surface area contributed by atoms with Crippen molar-refractivity contribution in [3.63, 3.8) is 0 Å². The maximum atomic E-state index is 12.6. The Bertz CT molecular complexity index is 896. The van der Waals surface area contributed by atoms with Crippen molar-refractivity contribution in [2.45, 2.75) is 44.6 Å². The average molecular weight is 351 g/mol. The van der Waals surface area contributed by atoms with Gasteiger partial charge in [-0.3, -0.25) is 10.1 Å². The second-order valence-electron chi connectivity index (χ2n) is 5.75. The Kier molecular flexibility index (Phi) is 3.99. The number of aryl methyl sites for hydroxylation is 3. The third-order valence-corrected chi connectivity index (χ3v) is 5.52. The molecule has 9 nitrogen and oxygen atoms in total. The van der Waals surface area contributed by atoms with Crippen LogP contribution < -0.4 is 4.72 Å². The average Bonchev–Trinajstić information content (AvgIpc) is 2.87. The summed E-state index contributed by atoms with van der Waals surface area (Å²) in [5.74, 6) is 0.736. The van der Waals surface area contributed by atoms with E-state index in [0.29, 0.717) is 12.1 Å². The molecular formula is C14H17N5O4S. The first-order valence-electron chi connectivity index (χ1n) is 7.51. The number of hydrogen-bond acceptors (Lipinski definition) is 6. The van der Waals surface area contributed by atoms with Crippen molar-refractivity contribution in [1.82, 2.24) is 14.8 Å². The smallest absolute Gasteiger partial charge is 0.258 e. The number of nitrogens with one attached hydrogen (secondary N) is 1. The van der Waals surface area contributed by atoms with E-state index in [4.69, 9.17) is 0 Å². The van der Waals surface area contributed by atoms with Crippen LogP contribution in [0.5, 0.6) is 0 Å². The van der Waals surface area contributed by atoms with Crippen LogP contribution in [0.2, 0.25) is 0 Å². The maximum Gasteiger partial charge on any atom is 0.276 e. The Balaban J connectivity index is 1.98. The maximum absolute atomic E-state index is 12.6. The zero-order chi connectivity index (χ0) is 17.5. The molecule has 0 aliphatic carbocycles. The standard InChI is InChI=1S/C14H17N5O4S/c1-9-6-7-11(10(2)13(9)19(20)21)24(22,23)17-14-15-12-5-3-4-8-18(12)16-14/h6-7H,3-5,8H2,1-2H3,(H,16,17). The molecule has 0 unspecified atom stereocenters. The van der Waals surface area contributed by atoms with Crippen LogP contribution in [0.4, 0.5) is 11.6 Å². The number of aromatic nitrogens is 3. The van der Waals surface area contributed by atoms with Crippen LogP contribution in [-0.4, -0.2) is 28.1 Å². The number of nitro groups is 1. The number of benzene rings is 1. The Labute approximate surface area is 138 Å². The van der Waals surface area contributed by atoms with Gasteiger partial charge in [0.1, 0.15) is 5.82 Å². The van der Waals surface area contributed by atoms with Crippen LogP contribution in [0.1, 0.15) is 29.8 Å². The van der Waals surface area contributed by atoms with E-state index in [2.05, 4.69) is 14.8 Å². The second-order valence-corrected chi connectivity index (χ2v) is 7.40. The normalized spacial score (nSPS) is 14.2. The molecule has 1 N–H and O–H groups in total. The molecule has 0 spiro atoms. The van der Waals surface area contributed by atoms with Gasteiger partial charge < -0.3 is 0 Å². The number of anilines is 1. The van der Waals surface area contributed by atoms with Crippen molar-refractivity contribution < 1.29 is 13.3 Å². The highest BCUT2D eigenvalue weighted by Gasteiger charge is 2.26. The van der Waals surface area contributed by atoms with E-state index in [1.807, 2.05) is 0 Å². The van der Waals surface area contributed by atoms with Gasteiger partial charge in [-0.1, -0.05) is 6.07 Å². The topological polar surface area (TPSA) is 120 Å². The highest BCUT2D eigenvalue weighted by atomic mass is 32.2. The van der Waals surface area contributed by atoms with Gasteiger partial charge in [-0.05, 0) is 32.8 Å². The summed E-state index contributed by atoms with van der Waals surface area (Å²) in [4.78, 5) is 14.7. The molecule has 1 aliphatic heterocycles. The number of fused-ring (bicyclic) bond motifs is 1. The molecule has 2 aromatic rings. The fourth-order valence-corrected chi connectivity index (χ4v) is 4.07. The third kappa shape index (κ3) is 2.84. The Morgan fingerprint density at radius 2 is 2.04 bits per heavy atom. The van der Waals surface area contributed by atoms with Gasteiger partial charge in [0.2, 0.25) is 0 Å². The zero-order valence-corrected chi connectivity index (χ0v) is 14.1. The predicted molar refractivity (Wildman–Crippen MR) is 86.3 cm³/mol. The molecule has 1 aromatic carbocycles. The van der Waals surface area contributed by atoms with Crippen LogP contribution in [0.25, 0.3) is 0 Å². The molecule has 3 rings (SSSR count). The molecule has 0 bridgehead atoms. The molecule has 0 amide bonds. The van der Waals surface area contributed by atoms with Gasteiger partial charge in [0.15, 0.2) is 0 Å². The van der Waals surface area contributed by atoms with E-state index in [1.54, 1.807) is 11.6 Å². The summed E-state index contributed by atoms with van der Waals surface area (Å²) >= 11 is 0. The highest BCUT2D eigenvalue weighted by Crippen LogP contribution is 2.29. The summed E-state index contributed by atoms with van der Waals surface area (Å²) in [6, 6.07) is 2.78. The number of nitrogens with zero attached hydrogens (tertiary/aromatic N) is 4. The largest absolute Gasteiger partial charge is 0.276 e. The van der Waals surface area contributed by atoms with Crippen molar-refractivity contribution in [2.75, 3.05) is 4.72 Å². The van der Waals surface area contributed by atoms with Gasteiger partial charge >= 0.3 is 0 Å². The fourth-order valence-electron chi connectivity index (χ4n) is 2.89. The zero-order valence-electron chi connectivity index (χ0n) is 13.3. The molecule has 1 aliphatic rings. The summed E-state index contributed by atoms with van der Waals surface area (Å²) in [6.07, 6.45) is 2.73. The molecule has 0 saturated carbocycles. The van der Waals surface area contributed by atoms with E-state index in [9.17, 15) is 18.5 Å². The third-order valence-electron chi connectivity index (χ3n) is 4.05. The van der Waals surface area contributed by atoms with Gasteiger partial charge in [-0.25, -0.2) is 17.8 Å². The lowest BCUT2D eigenvalue weighted by atomic mass is 10.1. The minimum atomic E-state index is -4.01. The lowest BCUT2D eigenvalue weighted by molar-refractivity contribution is -0.386. The summed E-state index contributed by atoms with van der Waals surface area (Å²) in [6.45, 7) is 3.70. The lowest BCUT2D eigenvalue weighted by Crippen LogP contribution is -2.16. The monoisotopic (exact) mass is 351 g/mol. The molecule has 0 saturated heterocycles. The molecule has 1 aromatic heterocycles. The van der Waals surface area contributed by atoms with Gasteiger partial charge in [0.05, 0.1) is 9.82 Å². The van der Waals surface area contributed by atoms with Crippen molar-refractivity contribution in [3.8, 4) is 0 Å². The molecule has 0 fully saturated rings. The minimum absolute atomic E-state index is 0.00507. The van der Waals surface area contributed by atoms with Crippen molar-refractivity contribution >= 4 is 21.7 Å². The fraction of sp³-hybridized carbons (Fsp3) is 0.429. The van der Waals surface area contributed by atoms with Crippen molar-refractivity contribution in [3.05, 3.63) is 39.2 Å². The van der Waals surface area contributed by atoms with E-state index >= 15 is 0 Å². The Hall–Kier alpha value is -2.49. The Morgan fingerprint density at radius 1 is 1.29 bits per heavy atom. The quantitative estimate of drug-likeness (QED) is 0.664. The SMILES string of the molecule is Cc1ccc(S(=O)(=O)Nc2nc3n(n2)CCCC3)c(C)c1[N+](=O)[O-]. The van der Waals surface area contributed by atoms with Gasteiger partial charge in [0, 0.05) is 24.1 Å². The molecule has 24 heavy (non-hydrogen) atoms. The summed E-state index contributed by atoms with van der Waals surface area (Å²) in [7, 11) is -4.01. The van der Waals surface area contributed by atoms with Crippen molar-refractivity contribution in [2.24, 2.45) is 0 Å². The van der Waals surface area contributed by atoms with Crippen LogP contribution in [0, 0.1) is 24.0 Å². The molecule has 10 heteroatoms. The molecular weight excluding hydrogens is 334 g/mol. The van der Waals surface area contributed by atoms with Crippen LogP contribution >= 0.6 is 0 Å². The molecule has 0 radical (unpaired) electrons. The van der Waals surface area contributed by atoms with Crippen molar-refractivity contribution in [1.29, 1.82) is 0 Å². The first-order chi connectivity index (χ1) is 11.3. The number of hydrogen-bond donors (Lipinski definition) is 1. The first kappa shape index (κ1) is 16.4. The lowest BCUT2D eigenvalue weighted by Gasteiger charge is -2.10. The van der Waals surface area contributed by atoms with E-state index in [1.165, 1.54) is 19.1 Å². The Morgan fingerprint density at radius 3 is 2.71 bits per heavy atom. The second kappa shape index (κ2) is 5.86. The number of nitro benzene ring substituents is 1. The summed E-state index contributed by atoms with van der Waals surface area (Å²) in [5.41, 5.74) is 0.304. The molecule has 2 heterocycles. The highest BCUT2D eigenvalue weighted by molar-refractivity contribution is 7.92. The van der Waals surface area contributed by atoms with E-state index in [-0.39, 0.29) is 22.1 Å². The van der Waals surface area contributed by atoms with Crippen LogP contribution in [0.15, 0.2) is 17.0 Å². The predicted octanol–water partition coefficient (Wildman–Crippen LogP) is 1.94. The first-order valence-corrected chi connectivity index (χ1v) is 8.99. The van der Waals surface area contributed by atoms with Crippen LogP contribution in [-0.2, 0) is 23.0 Å². The van der Waals surface area contributed by atoms with Crippen LogP contribution in [0.3, 0.4) is 0 Å². The van der Waals surface area contributed by atoms with E-state index in [0.717, 1.165) is 25.1 Å². The van der Waals surface area contributed by atoms with Gasteiger partial charge in [-0.2, -0.15) is 4.98 Å². The number of sulfonamides is 1. The molecule has 128 valence electrons.